The van der Waals surface area contributed by atoms with Gasteiger partial charge in [0.05, 0.1) is 17.7 Å². The number of halogens is 3. The Bertz CT molecular complexity index is 740. The Morgan fingerprint density at radius 3 is 2.27 bits per heavy atom. The standard InChI is InChI=1S/C16H12F3N3/c17-16(18,19)8-7-15(10-20,11-21)9-13-6-5-12-3-1-2-4-14(12)22-13/h1-6H,7-9H2. The van der Waals surface area contributed by atoms with Crippen molar-refractivity contribution < 1.29 is 13.2 Å². The van der Waals surface area contributed by atoms with Crippen molar-refractivity contribution in [3.05, 3.63) is 42.1 Å². The van der Waals surface area contributed by atoms with E-state index in [-0.39, 0.29) is 6.42 Å². The molecule has 1 aromatic heterocycles. The molecular formula is C16H12F3N3. The average Bonchev–Trinajstić information content (AvgIpc) is 2.50. The van der Waals surface area contributed by atoms with E-state index < -0.39 is 24.4 Å². The molecule has 3 nitrogen and oxygen atoms in total. The Hall–Kier alpha value is -2.60. The van der Waals surface area contributed by atoms with Crippen LogP contribution in [0.1, 0.15) is 18.5 Å². The summed E-state index contributed by atoms with van der Waals surface area (Å²) in [7, 11) is 0. The number of fused-ring (bicyclic) bond motifs is 1. The SMILES string of the molecule is N#CC(C#N)(CCC(F)(F)F)Cc1ccc2ccccc2n1. The quantitative estimate of drug-likeness (QED) is 0.852. The van der Waals surface area contributed by atoms with Gasteiger partial charge in [-0.1, -0.05) is 24.3 Å². The van der Waals surface area contributed by atoms with Gasteiger partial charge in [0, 0.05) is 23.9 Å². The molecule has 6 heteroatoms. The van der Waals surface area contributed by atoms with Crippen LogP contribution in [0.2, 0.25) is 0 Å². The molecule has 22 heavy (non-hydrogen) atoms. The molecule has 0 aliphatic carbocycles. The summed E-state index contributed by atoms with van der Waals surface area (Å²) < 4.78 is 37.1. The zero-order valence-electron chi connectivity index (χ0n) is 11.6. The number of alkyl halides is 3. The summed E-state index contributed by atoms with van der Waals surface area (Å²) in [5.41, 5.74) is -0.602. The second-order valence-electron chi connectivity index (χ2n) is 5.09. The zero-order chi connectivity index (χ0) is 16.2. The lowest BCUT2D eigenvalue weighted by Gasteiger charge is -2.19. The maximum Gasteiger partial charge on any atom is 0.389 e. The fraction of sp³-hybridized carbons (Fsp3) is 0.312. The highest BCUT2D eigenvalue weighted by molar-refractivity contribution is 5.78. The van der Waals surface area contributed by atoms with Crippen LogP contribution in [0.4, 0.5) is 13.2 Å². The number of para-hydroxylation sites is 1. The number of benzene rings is 1. The molecule has 0 aliphatic rings. The van der Waals surface area contributed by atoms with Crippen molar-refractivity contribution in [2.45, 2.75) is 25.4 Å². The van der Waals surface area contributed by atoms with Gasteiger partial charge in [-0.2, -0.15) is 23.7 Å². The molecule has 0 aliphatic heterocycles. The Morgan fingerprint density at radius 1 is 0.955 bits per heavy atom. The van der Waals surface area contributed by atoms with Crippen molar-refractivity contribution >= 4 is 10.9 Å². The summed E-state index contributed by atoms with van der Waals surface area (Å²) in [4.78, 5) is 4.32. The van der Waals surface area contributed by atoms with Crippen LogP contribution in [0, 0.1) is 28.1 Å². The maximum atomic E-state index is 12.4. The second-order valence-corrected chi connectivity index (χ2v) is 5.09. The molecule has 0 saturated carbocycles. The highest BCUT2D eigenvalue weighted by atomic mass is 19.4. The van der Waals surface area contributed by atoms with Crippen LogP contribution in [0.25, 0.3) is 10.9 Å². The minimum atomic E-state index is -4.39. The van der Waals surface area contributed by atoms with E-state index in [1.807, 2.05) is 12.1 Å². The van der Waals surface area contributed by atoms with Crippen LogP contribution in [0.5, 0.6) is 0 Å². The monoisotopic (exact) mass is 303 g/mol. The normalized spacial score (nSPS) is 11.9. The summed E-state index contributed by atoms with van der Waals surface area (Å²) in [5.74, 6) is 0. The van der Waals surface area contributed by atoms with Crippen molar-refractivity contribution in [3.8, 4) is 12.1 Å². The number of nitrogens with zero attached hydrogens (tertiary/aromatic N) is 3. The Morgan fingerprint density at radius 2 is 1.64 bits per heavy atom. The van der Waals surface area contributed by atoms with Gasteiger partial charge in [0.2, 0.25) is 0 Å². The second kappa shape index (κ2) is 6.03. The molecule has 112 valence electrons. The van der Waals surface area contributed by atoms with Crippen LogP contribution in [0.3, 0.4) is 0 Å². The highest BCUT2D eigenvalue weighted by Crippen LogP contribution is 2.33. The number of pyridine rings is 1. The van der Waals surface area contributed by atoms with E-state index in [1.165, 1.54) is 0 Å². The van der Waals surface area contributed by atoms with E-state index in [4.69, 9.17) is 0 Å². The van der Waals surface area contributed by atoms with Gasteiger partial charge in [0.1, 0.15) is 5.41 Å². The van der Waals surface area contributed by atoms with Gasteiger partial charge in [0.25, 0.3) is 0 Å². The molecule has 0 radical (unpaired) electrons. The third kappa shape index (κ3) is 3.73. The van der Waals surface area contributed by atoms with Crippen molar-refractivity contribution in [1.29, 1.82) is 10.5 Å². The summed E-state index contributed by atoms with van der Waals surface area (Å²) in [5, 5.41) is 19.3. The van der Waals surface area contributed by atoms with Crippen LogP contribution in [-0.4, -0.2) is 11.2 Å². The summed E-state index contributed by atoms with van der Waals surface area (Å²) >= 11 is 0. The van der Waals surface area contributed by atoms with Gasteiger partial charge in [-0.05, 0) is 18.6 Å². The smallest absolute Gasteiger partial charge is 0.253 e. The number of aromatic nitrogens is 1. The lowest BCUT2D eigenvalue weighted by molar-refractivity contribution is -0.138. The predicted molar refractivity (Wildman–Crippen MR) is 74.4 cm³/mol. The lowest BCUT2D eigenvalue weighted by atomic mass is 9.81. The topological polar surface area (TPSA) is 60.5 Å². The fourth-order valence-corrected chi connectivity index (χ4v) is 2.18. The molecular weight excluding hydrogens is 291 g/mol. The van der Waals surface area contributed by atoms with Gasteiger partial charge in [0.15, 0.2) is 0 Å². The van der Waals surface area contributed by atoms with E-state index in [9.17, 15) is 23.7 Å². The first-order chi connectivity index (χ1) is 10.4. The number of hydrogen-bond donors (Lipinski definition) is 0. The van der Waals surface area contributed by atoms with Crippen LogP contribution in [0.15, 0.2) is 36.4 Å². The highest BCUT2D eigenvalue weighted by Gasteiger charge is 2.37. The zero-order valence-corrected chi connectivity index (χ0v) is 11.6. The molecule has 1 heterocycles. The molecule has 1 aromatic carbocycles. The largest absolute Gasteiger partial charge is 0.389 e. The van der Waals surface area contributed by atoms with Crippen molar-refractivity contribution in [3.63, 3.8) is 0 Å². The van der Waals surface area contributed by atoms with E-state index in [0.29, 0.717) is 11.2 Å². The summed E-state index contributed by atoms with van der Waals surface area (Å²) in [6.07, 6.45) is -6.24. The van der Waals surface area contributed by atoms with Crippen LogP contribution >= 0.6 is 0 Å². The van der Waals surface area contributed by atoms with Gasteiger partial charge in [-0.15, -0.1) is 0 Å². The first-order valence-electron chi connectivity index (χ1n) is 6.61. The van der Waals surface area contributed by atoms with Crippen molar-refractivity contribution in [1.82, 2.24) is 4.98 Å². The Labute approximate surface area is 125 Å². The van der Waals surface area contributed by atoms with E-state index in [1.54, 1.807) is 36.4 Å². The minimum absolute atomic E-state index is 0.124. The number of rotatable bonds is 4. The fourth-order valence-electron chi connectivity index (χ4n) is 2.18. The Kier molecular flexibility index (Phi) is 4.32. The van der Waals surface area contributed by atoms with E-state index in [2.05, 4.69) is 4.98 Å². The minimum Gasteiger partial charge on any atom is -0.253 e. The number of nitriles is 2. The third-order valence-corrected chi connectivity index (χ3v) is 3.40. The van der Waals surface area contributed by atoms with Gasteiger partial charge < -0.3 is 0 Å². The summed E-state index contributed by atoms with van der Waals surface area (Å²) in [6.45, 7) is 0. The van der Waals surface area contributed by atoms with Crippen molar-refractivity contribution in [2.75, 3.05) is 0 Å². The van der Waals surface area contributed by atoms with Crippen LogP contribution < -0.4 is 0 Å². The lowest BCUT2D eigenvalue weighted by Crippen LogP contribution is -2.23. The third-order valence-electron chi connectivity index (χ3n) is 3.40. The predicted octanol–water partition coefficient (Wildman–Crippen LogP) is 4.15. The summed E-state index contributed by atoms with van der Waals surface area (Å²) in [6, 6.07) is 14.2. The molecule has 0 amide bonds. The molecule has 0 N–H and O–H groups in total. The molecule has 0 fully saturated rings. The van der Waals surface area contributed by atoms with Gasteiger partial charge >= 0.3 is 6.18 Å². The molecule has 0 saturated heterocycles. The van der Waals surface area contributed by atoms with E-state index in [0.717, 1.165) is 5.39 Å². The molecule has 0 unspecified atom stereocenters. The van der Waals surface area contributed by atoms with Crippen molar-refractivity contribution in [2.24, 2.45) is 5.41 Å². The van der Waals surface area contributed by atoms with E-state index >= 15 is 0 Å². The molecule has 2 rings (SSSR count). The van der Waals surface area contributed by atoms with Gasteiger partial charge in [-0.3, -0.25) is 4.98 Å². The Balaban J connectivity index is 2.26. The average molecular weight is 303 g/mol. The maximum absolute atomic E-state index is 12.4. The van der Waals surface area contributed by atoms with Crippen LogP contribution in [-0.2, 0) is 6.42 Å². The first kappa shape index (κ1) is 15.8. The molecule has 0 atom stereocenters. The molecule has 2 aromatic rings. The van der Waals surface area contributed by atoms with Gasteiger partial charge in [-0.25, -0.2) is 0 Å². The molecule has 0 bridgehead atoms. The first-order valence-corrected chi connectivity index (χ1v) is 6.61. The molecule has 0 spiro atoms. The number of hydrogen-bond acceptors (Lipinski definition) is 3.